The van der Waals surface area contributed by atoms with Gasteiger partial charge in [0.05, 0.1) is 23.9 Å². The van der Waals surface area contributed by atoms with Crippen molar-refractivity contribution in [3.8, 4) is 11.9 Å². The summed E-state index contributed by atoms with van der Waals surface area (Å²) in [5.41, 5.74) is 1.97. The van der Waals surface area contributed by atoms with E-state index in [4.69, 9.17) is 10.00 Å². The van der Waals surface area contributed by atoms with Crippen molar-refractivity contribution in [2.24, 2.45) is 0 Å². The van der Waals surface area contributed by atoms with Crippen molar-refractivity contribution in [3.05, 3.63) is 53.2 Å². The lowest BCUT2D eigenvalue weighted by atomic mass is 10.1. The predicted octanol–water partition coefficient (Wildman–Crippen LogP) is 2.34. The van der Waals surface area contributed by atoms with E-state index in [0.29, 0.717) is 30.1 Å². The number of nitriles is 1. The highest BCUT2D eigenvalue weighted by Gasteiger charge is 2.26. The molecule has 3 rings (SSSR count). The molecule has 0 bridgehead atoms. The smallest absolute Gasteiger partial charge is 0.253 e. The van der Waals surface area contributed by atoms with E-state index in [1.165, 1.54) is 0 Å². The van der Waals surface area contributed by atoms with E-state index in [1.54, 1.807) is 35.2 Å². The molecule has 1 aliphatic rings. The molecule has 1 aromatic heterocycles. The molecule has 0 N–H and O–H groups in total. The first-order valence-corrected chi connectivity index (χ1v) is 7.92. The van der Waals surface area contributed by atoms with E-state index in [0.717, 1.165) is 18.5 Å². The zero-order valence-corrected chi connectivity index (χ0v) is 13.5. The van der Waals surface area contributed by atoms with Crippen LogP contribution >= 0.6 is 0 Å². The van der Waals surface area contributed by atoms with Gasteiger partial charge in [-0.15, -0.1) is 5.10 Å². The topological polar surface area (TPSA) is 79.1 Å². The number of hydrogen-bond donors (Lipinski definition) is 0. The number of hydrogen-bond acceptors (Lipinski definition) is 5. The molecule has 2 aromatic rings. The Balaban J connectivity index is 1.65. The van der Waals surface area contributed by atoms with Crippen LogP contribution in [0.1, 0.15) is 34.5 Å². The number of carbonyl (C=O) groups is 1. The summed E-state index contributed by atoms with van der Waals surface area (Å²) in [5, 5.41) is 16.8. The number of rotatable bonds is 3. The first kappa shape index (κ1) is 15.9. The van der Waals surface area contributed by atoms with Gasteiger partial charge in [-0.25, -0.2) is 0 Å². The third kappa shape index (κ3) is 3.69. The van der Waals surface area contributed by atoms with Crippen LogP contribution in [0.25, 0.3) is 0 Å². The summed E-state index contributed by atoms with van der Waals surface area (Å²) in [5.74, 6) is 0.445. The normalized spacial score (nSPS) is 17.2. The quantitative estimate of drug-likeness (QED) is 0.866. The molecule has 1 amide bonds. The van der Waals surface area contributed by atoms with Crippen molar-refractivity contribution >= 4 is 5.91 Å². The molecule has 6 heteroatoms. The first-order chi connectivity index (χ1) is 11.7. The van der Waals surface area contributed by atoms with Gasteiger partial charge in [-0.2, -0.15) is 10.4 Å². The number of ether oxygens (including phenoxy) is 1. The number of piperidine rings is 1. The van der Waals surface area contributed by atoms with Crippen LogP contribution in [0.15, 0.2) is 36.4 Å². The Morgan fingerprint density at radius 2 is 2.04 bits per heavy atom. The van der Waals surface area contributed by atoms with Gasteiger partial charge in [0.1, 0.15) is 6.10 Å². The lowest BCUT2D eigenvalue weighted by molar-refractivity contribution is 0.0525. The summed E-state index contributed by atoms with van der Waals surface area (Å²) in [6, 6.07) is 12.4. The molecular weight excluding hydrogens is 304 g/mol. The minimum atomic E-state index is -0.0851. The van der Waals surface area contributed by atoms with Gasteiger partial charge in [0.2, 0.25) is 5.88 Å². The number of amides is 1. The second-order valence-electron chi connectivity index (χ2n) is 5.84. The van der Waals surface area contributed by atoms with Crippen LogP contribution in [0.2, 0.25) is 0 Å². The average Bonchev–Trinajstić information content (AvgIpc) is 2.63. The summed E-state index contributed by atoms with van der Waals surface area (Å²) >= 11 is 0. The van der Waals surface area contributed by atoms with Gasteiger partial charge in [-0.1, -0.05) is 0 Å². The van der Waals surface area contributed by atoms with Crippen LogP contribution in [0.3, 0.4) is 0 Å². The van der Waals surface area contributed by atoms with E-state index in [9.17, 15) is 4.79 Å². The lowest BCUT2D eigenvalue weighted by Crippen LogP contribution is -2.44. The SMILES string of the molecule is Cc1ccc(O[C@H]2CCCN(C(=O)c3ccc(C#N)cc3)C2)nn1. The molecule has 1 aliphatic heterocycles. The fourth-order valence-corrected chi connectivity index (χ4v) is 2.71. The zero-order valence-electron chi connectivity index (χ0n) is 13.5. The van der Waals surface area contributed by atoms with E-state index in [-0.39, 0.29) is 12.0 Å². The molecule has 6 nitrogen and oxygen atoms in total. The van der Waals surface area contributed by atoms with E-state index in [1.807, 2.05) is 13.0 Å². The second-order valence-corrected chi connectivity index (χ2v) is 5.84. The van der Waals surface area contributed by atoms with Gasteiger partial charge >= 0.3 is 0 Å². The minimum absolute atomic E-state index is 0.0391. The standard InChI is InChI=1S/C18H18N4O2/c1-13-4-9-17(21-20-13)24-16-3-2-10-22(12-16)18(23)15-7-5-14(11-19)6-8-15/h4-9,16H,2-3,10,12H2,1H3/t16-/m0/s1. The third-order valence-corrected chi connectivity index (χ3v) is 3.99. The Hall–Kier alpha value is -2.94. The second kappa shape index (κ2) is 7.09. The lowest BCUT2D eigenvalue weighted by Gasteiger charge is -2.32. The maximum atomic E-state index is 12.6. The van der Waals surface area contributed by atoms with E-state index < -0.39 is 0 Å². The van der Waals surface area contributed by atoms with Gasteiger partial charge in [0.25, 0.3) is 5.91 Å². The van der Waals surface area contributed by atoms with Crippen molar-refractivity contribution in [3.63, 3.8) is 0 Å². The molecule has 0 spiro atoms. The molecule has 0 unspecified atom stereocenters. The van der Waals surface area contributed by atoms with Crippen LogP contribution in [0.4, 0.5) is 0 Å². The number of likely N-dealkylation sites (tertiary alicyclic amines) is 1. The molecule has 1 fully saturated rings. The summed E-state index contributed by atoms with van der Waals surface area (Å²) in [6.07, 6.45) is 1.68. The highest BCUT2D eigenvalue weighted by Crippen LogP contribution is 2.18. The van der Waals surface area contributed by atoms with Gasteiger partial charge in [-0.3, -0.25) is 4.79 Å². The predicted molar refractivity (Wildman–Crippen MR) is 87.5 cm³/mol. The van der Waals surface area contributed by atoms with Gasteiger partial charge in [0, 0.05) is 18.2 Å². The van der Waals surface area contributed by atoms with Crippen LogP contribution in [0, 0.1) is 18.3 Å². The van der Waals surface area contributed by atoms with Crippen LogP contribution in [-0.4, -0.2) is 40.2 Å². The Morgan fingerprint density at radius 3 is 2.71 bits per heavy atom. The molecule has 24 heavy (non-hydrogen) atoms. The molecule has 1 atom stereocenters. The number of carbonyl (C=O) groups excluding carboxylic acids is 1. The first-order valence-electron chi connectivity index (χ1n) is 7.92. The van der Waals surface area contributed by atoms with Crippen molar-refractivity contribution in [2.45, 2.75) is 25.9 Å². The summed E-state index contributed by atoms with van der Waals surface area (Å²) in [7, 11) is 0. The molecule has 2 heterocycles. The summed E-state index contributed by atoms with van der Waals surface area (Å²) < 4.78 is 5.85. The van der Waals surface area contributed by atoms with Crippen molar-refractivity contribution in [1.82, 2.24) is 15.1 Å². The average molecular weight is 322 g/mol. The monoisotopic (exact) mass is 322 g/mol. The highest BCUT2D eigenvalue weighted by molar-refractivity contribution is 5.94. The zero-order chi connectivity index (χ0) is 16.9. The Morgan fingerprint density at radius 1 is 1.25 bits per heavy atom. The largest absolute Gasteiger partial charge is 0.471 e. The fraction of sp³-hybridized carbons (Fsp3) is 0.333. The van der Waals surface area contributed by atoms with Crippen LogP contribution < -0.4 is 4.74 Å². The number of aromatic nitrogens is 2. The molecule has 0 saturated carbocycles. The Kier molecular flexibility index (Phi) is 4.71. The van der Waals surface area contributed by atoms with Crippen LogP contribution in [0.5, 0.6) is 5.88 Å². The minimum Gasteiger partial charge on any atom is -0.471 e. The molecule has 122 valence electrons. The summed E-state index contributed by atoms with van der Waals surface area (Å²) in [4.78, 5) is 14.4. The maximum absolute atomic E-state index is 12.6. The van der Waals surface area contributed by atoms with E-state index >= 15 is 0 Å². The van der Waals surface area contributed by atoms with Crippen molar-refractivity contribution in [1.29, 1.82) is 5.26 Å². The summed E-state index contributed by atoms with van der Waals surface area (Å²) in [6.45, 7) is 3.10. The molecule has 0 aliphatic carbocycles. The maximum Gasteiger partial charge on any atom is 0.253 e. The van der Waals surface area contributed by atoms with Crippen LogP contribution in [-0.2, 0) is 0 Å². The third-order valence-electron chi connectivity index (χ3n) is 3.99. The fourth-order valence-electron chi connectivity index (χ4n) is 2.71. The van der Waals surface area contributed by atoms with Crippen molar-refractivity contribution < 1.29 is 9.53 Å². The van der Waals surface area contributed by atoms with Gasteiger partial charge in [0.15, 0.2) is 0 Å². The van der Waals surface area contributed by atoms with Gasteiger partial charge < -0.3 is 9.64 Å². The van der Waals surface area contributed by atoms with Gasteiger partial charge in [-0.05, 0) is 50.1 Å². The molecule has 1 saturated heterocycles. The molecular formula is C18H18N4O2. The number of nitrogens with zero attached hydrogens (tertiary/aromatic N) is 4. The molecule has 0 radical (unpaired) electrons. The Bertz CT molecular complexity index is 750. The van der Waals surface area contributed by atoms with E-state index in [2.05, 4.69) is 16.3 Å². The number of benzene rings is 1. The Labute approximate surface area is 140 Å². The highest BCUT2D eigenvalue weighted by atomic mass is 16.5. The van der Waals surface area contributed by atoms with Crippen molar-refractivity contribution in [2.75, 3.05) is 13.1 Å². The number of aryl methyl sites for hydroxylation is 1. The molecule has 1 aromatic carbocycles.